The lowest BCUT2D eigenvalue weighted by Gasteiger charge is -2.34. The molecule has 2 atom stereocenters. The summed E-state index contributed by atoms with van der Waals surface area (Å²) in [4.78, 5) is 14.7. The van der Waals surface area contributed by atoms with Gasteiger partial charge < -0.3 is 19.8 Å². The van der Waals surface area contributed by atoms with E-state index in [-0.39, 0.29) is 11.8 Å². The summed E-state index contributed by atoms with van der Waals surface area (Å²) in [7, 11) is 0. The number of nitrogens with zero attached hydrogens (tertiary/aromatic N) is 2. The topological polar surface area (TPSA) is 78.6 Å². The molecule has 0 bridgehead atoms. The number of amides is 1. The van der Waals surface area contributed by atoms with Gasteiger partial charge in [0.15, 0.2) is 5.69 Å². The molecule has 6 heteroatoms. The Morgan fingerprint density at radius 3 is 2.79 bits per heavy atom. The normalized spacial score (nSPS) is 21.9. The summed E-state index contributed by atoms with van der Waals surface area (Å²) in [5, 5.41) is 18.3. The smallest absolute Gasteiger partial charge is 0.276 e. The van der Waals surface area contributed by atoms with Gasteiger partial charge in [0, 0.05) is 31.6 Å². The van der Waals surface area contributed by atoms with Crippen LogP contribution in [0.25, 0.3) is 0 Å². The summed E-state index contributed by atoms with van der Waals surface area (Å²) in [5.74, 6) is 0.878. The summed E-state index contributed by atoms with van der Waals surface area (Å²) in [5.41, 5.74) is 2.50. The molecule has 0 radical (unpaired) electrons. The Hall–Kier alpha value is -2.18. The molecule has 2 aliphatic rings. The molecule has 2 fully saturated rings. The number of aliphatic hydroxyl groups is 1. The van der Waals surface area contributed by atoms with E-state index in [1.165, 1.54) is 12.8 Å². The molecule has 1 aromatic carbocycles. The molecular weight excluding hydrogens is 366 g/mol. The summed E-state index contributed by atoms with van der Waals surface area (Å²) >= 11 is 0. The van der Waals surface area contributed by atoms with Crippen LogP contribution < -0.4 is 5.32 Å². The fourth-order valence-corrected chi connectivity index (χ4v) is 4.60. The maximum atomic E-state index is 12.8. The minimum absolute atomic E-state index is 0.0690. The summed E-state index contributed by atoms with van der Waals surface area (Å²) in [6, 6.07) is 10.2. The van der Waals surface area contributed by atoms with E-state index in [2.05, 4.69) is 10.5 Å². The minimum Gasteiger partial charge on any atom is -0.388 e. The first-order valence-corrected chi connectivity index (χ1v) is 10.8. The number of aryl methyl sites for hydroxylation is 1. The number of aromatic nitrogens is 1. The molecule has 3 heterocycles. The Morgan fingerprint density at radius 1 is 1.28 bits per heavy atom. The van der Waals surface area contributed by atoms with E-state index in [1.54, 1.807) is 6.07 Å². The van der Waals surface area contributed by atoms with Gasteiger partial charge in [0.05, 0.1) is 6.10 Å². The number of aliphatic hydroxyl groups excluding tert-OH is 1. The number of hydrogen-bond acceptors (Lipinski definition) is 5. The first kappa shape index (κ1) is 20.1. The maximum Gasteiger partial charge on any atom is 0.276 e. The highest BCUT2D eigenvalue weighted by Gasteiger charge is 2.30. The maximum absolute atomic E-state index is 12.8. The first-order valence-electron chi connectivity index (χ1n) is 10.8. The van der Waals surface area contributed by atoms with Gasteiger partial charge in [-0.15, -0.1) is 0 Å². The molecule has 2 aromatic rings. The Bertz CT molecular complexity index is 820. The van der Waals surface area contributed by atoms with Gasteiger partial charge in [0.25, 0.3) is 5.91 Å². The number of hydrogen-bond donors (Lipinski definition) is 2. The quantitative estimate of drug-likeness (QED) is 0.810. The van der Waals surface area contributed by atoms with Crippen molar-refractivity contribution in [3.8, 4) is 0 Å². The van der Waals surface area contributed by atoms with Crippen LogP contribution in [0.4, 0.5) is 0 Å². The van der Waals surface area contributed by atoms with Crippen molar-refractivity contribution in [1.82, 2.24) is 15.4 Å². The summed E-state index contributed by atoms with van der Waals surface area (Å²) < 4.78 is 5.43. The number of piperidine rings is 2. The predicted octanol–water partition coefficient (Wildman–Crippen LogP) is 3.25. The lowest BCUT2D eigenvalue weighted by atomic mass is 9.86. The number of nitrogens with one attached hydrogen (secondary N) is 1. The van der Waals surface area contributed by atoms with Gasteiger partial charge in [-0.25, -0.2) is 0 Å². The highest BCUT2D eigenvalue weighted by molar-refractivity contribution is 5.92. The molecule has 29 heavy (non-hydrogen) atoms. The van der Waals surface area contributed by atoms with E-state index >= 15 is 0 Å². The van der Waals surface area contributed by atoms with E-state index in [4.69, 9.17) is 4.52 Å². The molecule has 2 unspecified atom stereocenters. The van der Waals surface area contributed by atoms with Crippen molar-refractivity contribution in [1.29, 1.82) is 0 Å². The molecule has 6 nitrogen and oxygen atoms in total. The average Bonchev–Trinajstić information content (AvgIpc) is 3.22. The second-order valence-electron chi connectivity index (χ2n) is 8.46. The lowest BCUT2D eigenvalue weighted by Crippen LogP contribution is -2.40. The molecule has 2 saturated heterocycles. The predicted molar refractivity (Wildman–Crippen MR) is 111 cm³/mol. The van der Waals surface area contributed by atoms with E-state index in [1.807, 2.05) is 36.1 Å². The molecule has 156 valence electrons. The molecule has 1 aromatic heterocycles. The van der Waals surface area contributed by atoms with E-state index in [9.17, 15) is 9.90 Å². The van der Waals surface area contributed by atoms with Crippen LogP contribution in [0, 0.1) is 12.8 Å². The van der Waals surface area contributed by atoms with Crippen LogP contribution in [-0.4, -0.2) is 46.7 Å². The van der Waals surface area contributed by atoms with Gasteiger partial charge in [0.2, 0.25) is 0 Å². The Morgan fingerprint density at radius 2 is 2.07 bits per heavy atom. The number of carbonyl (C=O) groups is 1. The molecule has 4 rings (SSSR count). The van der Waals surface area contributed by atoms with Crippen molar-refractivity contribution >= 4 is 5.91 Å². The number of benzene rings is 1. The van der Waals surface area contributed by atoms with Gasteiger partial charge in [0.1, 0.15) is 5.76 Å². The molecule has 2 N–H and O–H groups in total. The fraction of sp³-hybridized carbons (Fsp3) is 0.565. The Labute approximate surface area is 172 Å². The average molecular weight is 398 g/mol. The number of carbonyl (C=O) groups excluding carboxylic acids is 1. The van der Waals surface area contributed by atoms with Crippen molar-refractivity contribution in [3.05, 3.63) is 52.9 Å². The van der Waals surface area contributed by atoms with Gasteiger partial charge in [-0.05, 0) is 56.2 Å². The molecule has 0 saturated carbocycles. The number of likely N-dealkylation sites (tertiary alicyclic amines) is 1. The van der Waals surface area contributed by atoms with Crippen LogP contribution in [0.5, 0.6) is 0 Å². The molecule has 0 aliphatic carbocycles. The SMILES string of the molecule is Cc1ccccc1C(O)C1CCN(C(=O)c2cc(CC3CCCCN3)on2)CC1. The molecular formula is C23H31N3O3. The van der Waals surface area contributed by atoms with Crippen molar-refractivity contribution in [2.75, 3.05) is 19.6 Å². The second-order valence-corrected chi connectivity index (χ2v) is 8.46. The van der Waals surface area contributed by atoms with Crippen LogP contribution in [-0.2, 0) is 6.42 Å². The van der Waals surface area contributed by atoms with E-state index in [0.717, 1.165) is 49.1 Å². The van der Waals surface area contributed by atoms with Crippen LogP contribution in [0.15, 0.2) is 34.9 Å². The zero-order valence-electron chi connectivity index (χ0n) is 17.1. The second kappa shape index (κ2) is 9.09. The number of rotatable bonds is 5. The zero-order valence-corrected chi connectivity index (χ0v) is 17.1. The molecule has 2 aliphatic heterocycles. The largest absolute Gasteiger partial charge is 0.388 e. The van der Waals surface area contributed by atoms with Crippen molar-refractivity contribution in [2.24, 2.45) is 5.92 Å². The van der Waals surface area contributed by atoms with Crippen molar-refractivity contribution in [2.45, 2.75) is 57.6 Å². The fourth-order valence-electron chi connectivity index (χ4n) is 4.60. The summed E-state index contributed by atoms with van der Waals surface area (Å²) in [6.45, 7) is 4.35. The molecule has 0 spiro atoms. The van der Waals surface area contributed by atoms with Crippen LogP contribution in [0.1, 0.15) is 65.6 Å². The Balaban J connectivity index is 1.31. The minimum atomic E-state index is -0.477. The zero-order chi connectivity index (χ0) is 20.2. The van der Waals surface area contributed by atoms with Gasteiger partial charge in [-0.3, -0.25) is 4.79 Å². The van der Waals surface area contributed by atoms with Crippen LogP contribution >= 0.6 is 0 Å². The molecule has 1 amide bonds. The van der Waals surface area contributed by atoms with Crippen molar-refractivity contribution < 1.29 is 14.4 Å². The third kappa shape index (κ3) is 4.70. The lowest BCUT2D eigenvalue weighted by molar-refractivity contribution is 0.0454. The standard InChI is InChI=1S/C23H31N3O3/c1-16-6-2-3-8-20(16)22(27)17-9-12-26(13-10-17)23(28)21-15-19(29-25-21)14-18-7-4-5-11-24-18/h2-3,6,8,15,17-18,22,24,27H,4-5,7,9-14H2,1H3. The summed E-state index contributed by atoms with van der Waals surface area (Å²) in [6.07, 6.45) is 5.49. The van der Waals surface area contributed by atoms with Gasteiger partial charge in [-0.1, -0.05) is 35.8 Å². The van der Waals surface area contributed by atoms with E-state index < -0.39 is 6.10 Å². The first-order chi connectivity index (χ1) is 14.1. The van der Waals surface area contributed by atoms with Gasteiger partial charge in [-0.2, -0.15) is 0 Å². The van der Waals surface area contributed by atoms with E-state index in [0.29, 0.717) is 24.8 Å². The third-order valence-electron chi connectivity index (χ3n) is 6.42. The highest BCUT2D eigenvalue weighted by Crippen LogP contribution is 2.32. The Kier molecular flexibility index (Phi) is 6.31. The van der Waals surface area contributed by atoms with Crippen molar-refractivity contribution in [3.63, 3.8) is 0 Å². The third-order valence-corrected chi connectivity index (χ3v) is 6.42. The van der Waals surface area contributed by atoms with Crippen LogP contribution in [0.2, 0.25) is 0 Å². The van der Waals surface area contributed by atoms with Gasteiger partial charge >= 0.3 is 0 Å². The highest BCUT2D eigenvalue weighted by atomic mass is 16.5. The monoisotopic (exact) mass is 397 g/mol. The van der Waals surface area contributed by atoms with Crippen LogP contribution in [0.3, 0.4) is 0 Å².